The van der Waals surface area contributed by atoms with Gasteiger partial charge < -0.3 is 10.1 Å². The van der Waals surface area contributed by atoms with Crippen molar-refractivity contribution in [3.63, 3.8) is 0 Å². The summed E-state index contributed by atoms with van der Waals surface area (Å²) in [6.45, 7) is 0.123. The van der Waals surface area contributed by atoms with E-state index in [2.05, 4.69) is 10.0 Å². The predicted octanol–water partition coefficient (Wildman–Crippen LogP) is 3.57. The van der Waals surface area contributed by atoms with E-state index < -0.39 is 21.7 Å². The maximum absolute atomic E-state index is 13.2. The van der Waals surface area contributed by atoms with Crippen LogP contribution in [-0.4, -0.2) is 21.4 Å². The van der Waals surface area contributed by atoms with Crippen molar-refractivity contribution in [3.8, 4) is 5.75 Å². The second-order valence-electron chi connectivity index (χ2n) is 6.17. The first-order valence-corrected chi connectivity index (χ1v) is 10.2. The van der Waals surface area contributed by atoms with E-state index >= 15 is 0 Å². The molecule has 0 heterocycles. The van der Waals surface area contributed by atoms with Crippen LogP contribution in [0.3, 0.4) is 0 Å². The van der Waals surface area contributed by atoms with E-state index in [9.17, 15) is 17.6 Å². The van der Waals surface area contributed by atoms with E-state index in [1.807, 2.05) is 0 Å². The van der Waals surface area contributed by atoms with Crippen molar-refractivity contribution in [1.29, 1.82) is 0 Å². The van der Waals surface area contributed by atoms with Crippen molar-refractivity contribution in [3.05, 3.63) is 89.7 Å². The highest BCUT2D eigenvalue weighted by Gasteiger charge is 2.16. The van der Waals surface area contributed by atoms with Gasteiger partial charge in [0.15, 0.2) is 0 Å². The Morgan fingerprint density at radius 1 is 1.00 bits per heavy atom. The Bertz CT molecular complexity index is 1120. The van der Waals surface area contributed by atoms with Gasteiger partial charge >= 0.3 is 0 Å². The minimum atomic E-state index is -3.88. The van der Waals surface area contributed by atoms with Crippen LogP contribution in [0.25, 0.3) is 0 Å². The number of ether oxygens (including phenoxy) is 1. The zero-order valence-electron chi connectivity index (χ0n) is 15.6. The number of halogens is 1. The van der Waals surface area contributed by atoms with Gasteiger partial charge in [0.1, 0.15) is 11.6 Å². The fourth-order valence-electron chi connectivity index (χ4n) is 2.61. The first kappa shape index (κ1) is 20.3. The lowest BCUT2D eigenvalue weighted by molar-refractivity contribution is 0.0950. The number of hydrogen-bond donors (Lipinski definition) is 2. The van der Waals surface area contributed by atoms with Gasteiger partial charge in [0.2, 0.25) is 0 Å². The number of carbonyl (C=O) groups excluding carboxylic acids is 1. The molecule has 0 spiro atoms. The molecule has 0 radical (unpaired) electrons. The third kappa shape index (κ3) is 5.32. The highest BCUT2D eigenvalue weighted by Crippen LogP contribution is 2.20. The lowest BCUT2D eigenvalue weighted by Crippen LogP contribution is -2.23. The van der Waals surface area contributed by atoms with Crippen molar-refractivity contribution in [1.82, 2.24) is 5.32 Å². The Morgan fingerprint density at radius 3 is 2.41 bits per heavy atom. The van der Waals surface area contributed by atoms with Gasteiger partial charge in [-0.1, -0.05) is 18.2 Å². The number of carbonyl (C=O) groups is 1. The molecule has 3 rings (SSSR count). The second-order valence-corrected chi connectivity index (χ2v) is 7.86. The number of sulfonamides is 1. The molecule has 2 N–H and O–H groups in total. The van der Waals surface area contributed by atoms with Gasteiger partial charge in [0.05, 0.1) is 12.0 Å². The fraction of sp³-hybridized carbons (Fsp3) is 0.0952. The Hall–Kier alpha value is -3.39. The molecule has 0 aliphatic rings. The maximum atomic E-state index is 13.2. The van der Waals surface area contributed by atoms with Crippen LogP contribution >= 0.6 is 0 Å². The molecule has 0 aromatic heterocycles. The molecular weight excluding hydrogens is 395 g/mol. The minimum Gasteiger partial charge on any atom is -0.497 e. The predicted molar refractivity (Wildman–Crippen MR) is 108 cm³/mol. The average molecular weight is 414 g/mol. The number of anilines is 1. The van der Waals surface area contributed by atoms with Crippen LogP contribution in [0.5, 0.6) is 5.75 Å². The van der Waals surface area contributed by atoms with E-state index in [1.165, 1.54) is 43.5 Å². The summed E-state index contributed by atoms with van der Waals surface area (Å²) in [4.78, 5) is 12.3. The highest BCUT2D eigenvalue weighted by molar-refractivity contribution is 7.92. The third-order valence-corrected chi connectivity index (χ3v) is 5.47. The Balaban J connectivity index is 1.72. The molecule has 1 amide bonds. The summed E-state index contributed by atoms with van der Waals surface area (Å²) in [7, 11) is -2.36. The van der Waals surface area contributed by atoms with E-state index in [-0.39, 0.29) is 17.0 Å². The summed E-state index contributed by atoms with van der Waals surface area (Å²) in [5.74, 6) is -0.255. The normalized spacial score (nSPS) is 11.0. The molecule has 8 heteroatoms. The maximum Gasteiger partial charge on any atom is 0.261 e. The van der Waals surface area contributed by atoms with Gasteiger partial charge in [-0.2, -0.15) is 0 Å². The van der Waals surface area contributed by atoms with Gasteiger partial charge in [-0.3, -0.25) is 9.52 Å². The zero-order valence-corrected chi connectivity index (χ0v) is 16.4. The summed E-state index contributed by atoms with van der Waals surface area (Å²) < 4.78 is 46.0. The molecule has 0 unspecified atom stereocenters. The van der Waals surface area contributed by atoms with Gasteiger partial charge in [0.25, 0.3) is 15.9 Å². The number of benzene rings is 3. The van der Waals surface area contributed by atoms with Crippen LogP contribution in [-0.2, 0) is 16.6 Å². The quantitative estimate of drug-likeness (QED) is 0.619. The number of amides is 1. The molecule has 3 aromatic rings. The molecule has 29 heavy (non-hydrogen) atoms. The summed E-state index contributed by atoms with van der Waals surface area (Å²) in [5.41, 5.74) is 1.15. The first-order chi connectivity index (χ1) is 13.9. The molecular formula is C21H19FN2O4S. The lowest BCUT2D eigenvalue weighted by Gasteiger charge is -2.10. The third-order valence-electron chi connectivity index (χ3n) is 4.09. The summed E-state index contributed by atoms with van der Waals surface area (Å²) >= 11 is 0. The van der Waals surface area contributed by atoms with Crippen LogP contribution < -0.4 is 14.8 Å². The number of nitrogens with one attached hydrogen (secondary N) is 2. The smallest absolute Gasteiger partial charge is 0.261 e. The van der Waals surface area contributed by atoms with Crippen molar-refractivity contribution >= 4 is 21.6 Å². The molecule has 0 atom stereocenters. The molecule has 0 bridgehead atoms. The van der Waals surface area contributed by atoms with E-state index in [1.54, 1.807) is 36.4 Å². The number of methoxy groups -OCH3 is 1. The first-order valence-electron chi connectivity index (χ1n) is 8.67. The Morgan fingerprint density at radius 2 is 1.72 bits per heavy atom. The molecule has 0 aliphatic heterocycles. The van der Waals surface area contributed by atoms with Crippen molar-refractivity contribution < 1.29 is 22.3 Å². The highest BCUT2D eigenvalue weighted by atomic mass is 32.2. The van der Waals surface area contributed by atoms with Crippen LogP contribution in [0.15, 0.2) is 77.7 Å². The van der Waals surface area contributed by atoms with Crippen LogP contribution in [0, 0.1) is 5.82 Å². The SMILES string of the molecule is COc1ccc(NS(=O)(=O)c2cccc(C(=O)NCc3cccc(F)c3)c2)cc1. The standard InChI is InChI=1S/C21H19FN2O4S/c1-28-19-10-8-18(9-11-19)24-29(26,27)20-7-3-5-16(13-20)21(25)23-14-15-4-2-6-17(22)12-15/h2-13,24H,14H2,1H3,(H,23,25). The topological polar surface area (TPSA) is 84.5 Å². The number of rotatable bonds is 7. The van der Waals surface area contributed by atoms with Gasteiger partial charge in [-0.25, -0.2) is 12.8 Å². The summed E-state index contributed by atoms with van der Waals surface area (Å²) in [6, 6.07) is 18.0. The Kier molecular flexibility index (Phi) is 6.13. The van der Waals surface area contributed by atoms with E-state index in [0.29, 0.717) is 17.0 Å². The van der Waals surface area contributed by atoms with Crippen molar-refractivity contribution in [2.45, 2.75) is 11.4 Å². The molecule has 0 saturated heterocycles. The van der Waals surface area contributed by atoms with Gasteiger partial charge in [0, 0.05) is 17.8 Å². The van der Waals surface area contributed by atoms with E-state index in [0.717, 1.165) is 0 Å². The largest absolute Gasteiger partial charge is 0.497 e. The second kappa shape index (κ2) is 8.74. The lowest BCUT2D eigenvalue weighted by atomic mass is 10.2. The Labute approximate surface area is 168 Å². The molecule has 0 fully saturated rings. The zero-order chi connectivity index (χ0) is 20.9. The summed E-state index contributed by atoms with van der Waals surface area (Å²) in [6.07, 6.45) is 0. The van der Waals surface area contributed by atoms with Gasteiger partial charge in [-0.15, -0.1) is 0 Å². The fourth-order valence-corrected chi connectivity index (χ4v) is 3.71. The summed E-state index contributed by atoms with van der Waals surface area (Å²) in [5, 5.41) is 2.65. The monoisotopic (exact) mass is 414 g/mol. The van der Waals surface area contributed by atoms with Gasteiger partial charge in [-0.05, 0) is 60.2 Å². The van der Waals surface area contributed by atoms with E-state index in [4.69, 9.17) is 4.74 Å². The number of hydrogen-bond acceptors (Lipinski definition) is 4. The molecule has 6 nitrogen and oxygen atoms in total. The van der Waals surface area contributed by atoms with Crippen LogP contribution in [0.2, 0.25) is 0 Å². The molecule has 3 aromatic carbocycles. The molecule has 0 aliphatic carbocycles. The minimum absolute atomic E-state index is 0.0493. The van der Waals surface area contributed by atoms with Crippen molar-refractivity contribution in [2.24, 2.45) is 0 Å². The molecule has 150 valence electrons. The van der Waals surface area contributed by atoms with Crippen LogP contribution in [0.1, 0.15) is 15.9 Å². The van der Waals surface area contributed by atoms with Crippen molar-refractivity contribution in [2.75, 3.05) is 11.8 Å². The molecule has 0 saturated carbocycles. The van der Waals surface area contributed by atoms with Crippen LogP contribution in [0.4, 0.5) is 10.1 Å². The average Bonchev–Trinajstić information content (AvgIpc) is 2.72.